The molecule has 0 saturated heterocycles. The maximum absolute atomic E-state index is 13.8. The fraction of sp³-hybridized carbons (Fsp3) is 0.0435. The van der Waals surface area contributed by atoms with E-state index < -0.39 is 0 Å². The molecule has 0 N–H and O–H groups in total. The van der Waals surface area contributed by atoms with E-state index in [1.165, 1.54) is 17.4 Å². The Bertz CT molecular complexity index is 1540. The second kappa shape index (κ2) is 7.96. The molecule has 0 aliphatic carbocycles. The highest BCUT2D eigenvalue weighted by Crippen LogP contribution is 2.35. The predicted octanol–water partition coefficient (Wildman–Crippen LogP) is 5.48. The highest BCUT2D eigenvalue weighted by atomic mass is 35.5. The van der Waals surface area contributed by atoms with E-state index in [1.54, 1.807) is 40.8 Å². The van der Waals surface area contributed by atoms with Gasteiger partial charge >= 0.3 is 0 Å². The van der Waals surface area contributed by atoms with Crippen molar-refractivity contribution in [2.75, 3.05) is 0 Å². The van der Waals surface area contributed by atoms with Crippen LogP contribution in [0.5, 0.6) is 5.75 Å². The maximum atomic E-state index is 13.8. The van der Waals surface area contributed by atoms with Crippen molar-refractivity contribution in [3.05, 3.63) is 103 Å². The summed E-state index contributed by atoms with van der Waals surface area (Å²) in [5, 5.41) is 0.545. The zero-order valence-electron chi connectivity index (χ0n) is 15.8. The van der Waals surface area contributed by atoms with Gasteiger partial charge in [0.15, 0.2) is 10.7 Å². The second-order valence-electron chi connectivity index (χ2n) is 6.83. The predicted molar refractivity (Wildman–Crippen MR) is 123 cm³/mol. The molecule has 31 heavy (non-hydrogen) atoms. The molecule has 8 heteroatoms. The van der Waals surface area contributed by atoms with Gasteiger partial charge in [0.1, 0.15) is 12.4 Å². The summed E-state index contributed by atoms with van der Waals surface area (Å²) in [6.07, 6.45) is 1.72. The first kappa shape index (κ1) is 20.0. The summed E-state index contributed by atoms with van der Waals surface area (Å²) >= 11 is 14.0. The number of para-hydroxylation sites is 2. The number of halogens is 3. The SMILES string of the molecule is O=c1c(=Cc2cc(Cl)c(OCc3ccccc3F)c(Cl)c2)sc2nc3ccccc3n12. The quantitative estimate of drug-likeness (QED) is 0.349. The lowest BCUT2D eigenvalue weighted by molar-refractivity contribution is 0.300. The third kappa shape index (κ3) is 3.67. The summed E-state index contributed by atoms with van der Waals surface area (Å²) in [5.41, 5.74) is 2.45. The highest BCUT2D eigenvalue weighted by molar-refractivity contribution is 7.15. The molecule has 5 aromatic rings. The average Bonchev–Trinajstić information content (AvgIpc) is 3.25. The lowest BCUT2D eigenvalue weighted by Gasteiger charge is -2.11. The van der Waals surface area contributed by atoms with Crippen LogP contribution >= 0.6 is 34.5 Å². The highest BCUT2D eigenvalue weighted by Gasteiger charge is 2.13. The molecule has 0 aliphatic rings. The molecule has 5 rings (SSSR count). The van der Waals surface area contributed by atoms with Crippen LogP contribution in [0.2, 0.25) is 10.0 Å². The first-order valence-corrected chi connectivity index (χ1v) is 10.9. The molecule has 0 unspecified atom stereocenters. The van der Waals surface area contributed by atoms with Gasteiger partial charge in [0.25, 0.3) is 5.56 Å². The molecule has 2 heterocycles. The van der Waals surface area contributed by atoms with Crippen molar-refractivity contribution in [3.8, 4) is 5.75 Å². The average molecular weight is 471 g/mol. The van der Waals surface area contributed by atoms with Gasteiger partial charge in [-0.15, -0.1) is 0 Å². The van der Waals surface area contributed by atoms with Gasteiger partial charge in [-0.3, -0.25) is 4.79 Å². The lowest BCUT2D eigenvalue weighted by atomic mass is 10.2. The molecule has 3 aromatic carbocycles. The molecule has 0 spiro atoms. The Morgan fingerprint density at radius 2 is 1.77 bits per heavy atom. The van der Waals surface area contributed by atoms with Crippen molar-refractivity contribution >= 4 is 56.6 Å². The van der Waals surface area contributed by atoms with E-state index in [-0.39, 0.29) is 33.8 Å². The minimum atomic E-state index is -0.363. The number of benzene rings is 3. The summed E-state index contributed by atoms with van der Waals surface area (Å²) in [6, 6.07) is 17.1. The molecular weight excluding hydrogens is 458 g/mol. The van der Waals surface area contributed by atoms with E-state index in [0.29, 0.717) is 20.6 Å². The van der Waals surface area contributed by atoms with E-state index in [0.717, 1.165) is 11.0 Å². The summed E-state index contributed by atoms with van der Waals surface area (Å²) in [4.78, 5) is 18.0. The molecule has 4 nitrogen and oxygen atoms in total. The van der Waals surface area contributed by atoms with E-state index in [4.69, 9.17) is 27.9 Å². The molecule has 0 amide bonds. The molecule has 0 radical (unpaired) electrons. The number of hydrogen-bond acceptors (Lipinski definition) is 4. The van der Waals surface area contributed by atoms with Crippen molar-refractivity contribution < 1.29 is 9.13 Å². The molecule has 0 aliphatic heterocycles. The zero-order valence-corrected chi connectivity index (χ0v) is 18.1. The Hall–Kier alpha value is -2.93. The van der Waals surface area contributed by atoms with E-state index in [9.17, 15) is 9.18 Å². The molecule has 154 valence electrons. The van der Waals surface area contributed by atoms with Gasteiger partial charge in [0.2, 0.25) is 0 Å². The fourth-order valence-corrected chi connectivity index (χ4v) is 4.93. The Labute approximate surface area is 189 Å². The third-order valence-electron chi connectivity index (χ3n) is 4.79. The zero-order chi connectivity index (χ0) is 21.5. The molecule has 0 bridgehead atoms. The standard InChI is InChI=1S/C23H13Cl2FN2O2S/c24-15-9-13(10-16(25)21(15)30-12-14-5-1-2-6-17(14)26)11-20-22(29)28-19-8-4-3-7-18(19)27-23(28)31-20/h1-11H,12H2. The number of nitrogens with zero attached hydrogens (tertiary/aromatic N) is 2. The molecule has 0 atom stereocenters. The number of aromatic nitrogens is 2. The van der Waals surface area contributed by atoms with Crippen molar-refractivity contribution in [3.63, 3.8) is 0 Å². The molecule has 0 fully saturated rings. The Morgan fingerprint density at radius 1 is 1.06 bits per heavy atom. The van der Waals surface area contributed by atoms with Gasteiger partial charge in [-0.1, -0.05) is 64.9 Å². The topological polar surface area (TPSA) is 43.6 Å². The van der Waals surface area contributed by atoms with Crippen molar-refractivity contribution in [2.45, 2.75) is 6.61 Å². The van der Waals surface area contributed by atoms with E-state index >= 15 is 0 Å². The van der Waals surface area contributed by atoms with Crippen LogP contribution < -0.4 is 14.8 Å². The van der Waals surface area contributed by atoms with Gasteiger partial charge in [0, 0.05) is 5.56 Å². The van der Waals surface area contributed by atoms with Crippen LogP contribution in [0.15, 0.2) is 65.5 Å². The van der Waals surface area contributed by atoms with Crippen LogP contribution in [0.25, 0.3) is 22.1 Å². The number of ether oxygens (including phenoxy) is 1. The van der Waals surface area contributed by atoms with Crippen LogP contribution in [0.4, 0.5) is 4.39 Å². The van der Waals surface area contributed by atoms with Gasteiger partial charge in [0.05, 0.1) is 25.6 Å². The summed E-state index contributed by atoms with van der Waals surface area (Å²) in [6.45, 7) is -0.00488. The first-order chi connectivity index (χ1) is 15.0. The number of rotatable bonds is 4. The normalized spacial score (nSPS) is 12.2. The van der Waals surface area contributed by atoms with Gasteiger partial charge in [-0.25, -0.2) is 13.8 Å². The fourth-order valence-electron chi connectivity index (χ4n) is 3.33. The second-order valence-corrected chi connectivity index (χ2v) is 8.65. The van der Waals surface area contributed by atoms with Crippen molar-refractivity contribution in [1.82, 2.24) is 9.38 Å². The van der Waals surface area contributed by atoms with Gasteiger partial charge in [-0.2, -0.15) is 0 Å². The molecule has 0 saturated carbocycles. The summed E-state index contributed by atoms with van der Waals surface area (Å²) < 4.78 is 21.6. The van der Waals surface area contributed by atoms with Crippen LogP contribution in [0.1, 0.15) is 11.1 Å². The van der Waals surface area contributed by atoms with Gasteiger partial charge in [-0.05, 0) is 42.0 Å². The van der Waals surface area contributed by atoms with Crippen molar-refractivity contribution in [2.24, 2.45) is 0 Å². The summed E-state index contributed by atoms with van der Waals surface area (Å²) in [7, 11) is 0. The molecular formula is C23H13Cl2FN2O2S. The van der Waals surface area contributed by atoms with Crippen LogP contribution in [-0.4, -0.2) is 9.38 Å². The van der Waals surface area contributed by atoms with Crippen LogP contribution in [0, 0.1) is 5.82 Å². The lowest BCUT2D eigenvalue weighted by Crippen LogP contribution is -2.22. The third-order valence-corrected chi connectivity index (χ3v) is 6.32. The number of hydrogen-bond donors (Lipinski definition) is 0. The Kier molecular flexibility index (Phi) is 5.14. The van der Waals surface area contributed by atoms with E-state index in [1.807, 2.05) is 24.3 Å². The minimum Gasteiger partial charge on any atom is -0.486 e. The maximum Gasteiger partial charge on any atom is 0.274 e. The largest absolute Gasteiger partial charge is 0.486 e. The van der Waals surface area contributed by atoms with E-state index in [2.05, 4.69) is 4.98 Å². The van der Waals surface area contributed by atoms with Gasteiger partial charge < -0.3 is 4.74 Å². The van der Waals surface area contributed by atoms with Crippen LogP contribution in [-0.2, 0) is 6.61 Å². The van der Waals surface area contributed by atoms with Crippen molar-refractivity contribution in [1.29, 1.82) is 0 Å². The summed E-state index contributed by atoms with van der Waals surface area (Å²) in [5.74, 6) is -0.101. The number of thiazole rings is 1. The Balaban J connectivity index is 1.50. The Morgan fingerprint density at radius 3 is 2.55 bits per heavy atom. The molecule has 2 aromatic heterocycles. The number of imidazole rings is 1. The monoisotopic (exact) mass is 470 g/mol. The first-order valence-electron chi connectivity index (χ1n) is 9.28. The van der Waals surface area contributed by atoms with Crippen LogP contribution in [0.3, 0.4) is 0 Å². The minimum absolute atomic E-state index is 0.00488. The number of fused-ring (bicyclic) bond motifs is 3. The smallest absolute Gasteiger partial charge is 0.274 e.